The standard InChI is InChI=1S/C18H25FN2O2/c19-16-10-17(13-22)21(12-16)18(23)15-6-4-14(5-7-15)11-20-8-2-1-3-9-20/h4-7,16-17,22H,1-3,8-13H2/t16-,17-/m0/s1. The monoisotopic (exact) mass is 320 g/mol. The minimum absolute atomic E-state index is 0.0829. The van der Waals surface area contributed by atoms with Crippen LogP contribution in [0, 0.1) is 0 Å². The van der Waals surface area contributed by atoms with Crippen LogP contribution >= 0.6 is 0 Å². The number of rotatable bonds is 4. The first kappa shape index (κ1) is 16.4. The van der Waals surface area contributed by atoms with Crippen LogP contribution in [0.3, 0.4) is 0 Å². The molecule has 1 amide bonds. The summed E-state index contributed by atoms with van der Waals surface area (Å²) in [7, 11) is 0. The summed E-state index contributed by atoms with van der Waals surface area (Å²) in [5.74, 6) is -0.186. The van der Waals surface area contributed by atoms with Crippen LogP contribution in [0.1, 0.15) is 41.6 Å². The van der Waals surface area contributed by atoms with Gasteiger partial charge in [-0.3, -0.25) is 9.69 Å². The van der Waals surface area contributed by atoms with Gasteiger partial charge in [-0.25, -0.2) is 4.39 Å². The summed E-state index contributed by atoms with van der Waals surface area (Å²) in [6, 6.07) is 7.21. The topological polar surface area (TPSA) is 43.8 Å². The number of benzene rings is 1. The third kappa shape index (κ3) is 3.90. The number of nitrogens with zero attached hydrogens (tertiary/aromatic N) is 2. The first-order valence-electron chi connectivity index (χ1n) is 8.54. The van der Waals surface area contributed by atoms with E-state index in [9.17, 15) is 14.3 Å². The van der Waals surface area contributed by atoms with Crippen molar-refractivity contribution in [2.24, 2.45) is 0 Å². The fourth-order valence-electron chi connectivity index (χ4n) is 3.58. The molecule has 23 heavy (non-hydrogen) atoms. The molecule has 0 bridgehead atoms. The number of aliphatic hydroxyl groups excluding tert-OH is 1. The van der Waals surface area contributed by atoms with Gasteiger partial charge in [-0.2, -0.15) is 0 Å². The number of halogens is 1. The summed E-state index contributed by atoms with van der Waals surface area (Å²) < 4.78 is 13.5. The third-order valence-corrected chi connectivity index (χ3v) is 4.89. The molecule has 0 aliphatic carbocycles. The summed E-state index contributed by atoms with van der Waals surface area (Å²) in [5.41, 5.74) is 1.77. The minimum Gasteiger partial charge on any atom is -0.394 e. The molecule has 3 rings (SSSR count). The normalized spacial score (nSPS) is 25.7. The fourth-order valence-corrected chi connectivity index (χ4v) is 3.58. The molecule has 2 atom stereocenters. The number of alkyl halides is 1. The van der Waals surface area contributed by atoms with Crippen LogP contribution in [0.25, 0.3) is 0 Å². The Morgan fingerprint density at radius 3 is 2.52 bits per heavy atom. The Kier molecular flexibility index (Phi) is 5.28. The van der Waals surface area contributed by atoms with Crippen molar-refractivity contribution < 1.29 is 14.3 Å². The van der Waals surface area contributed by atoms with Gasteiger partial charge in [0.15, 0.2) is 0 Å². The van der Waals surface area contributed by atoms with E-state index in [1.165, 1.54) is 29.7 Å². The van der Waals surface area contributed by atoms with E-state index in [4.69, 9.17) is 0 Å². The van der Waals surface area contributed by atoms with E-state index in [0.29, 0.717) is 5.56 Å². The van der Waals surface area contributed by atoms with Crippen molar-refractivity contribution in [3.63, 3.8) is 0 Å². The first-order chi connectivity index (χ1) is 11.2. The molecular formula is C18H25FN2O2. The number of carbonyl (C=O) groups is 1. The highest BCUT2D eigenvalue weighted by molar-refractivity contribution is 5.94. The molecule has 1 aromatic rings. The first-order valence-corrected chi connectivity index (χ1v) is 8.54. The molecule has 126 valence electrons. The number of hydrogen-bond donors (Lipinski definition) is 1. The molecule has 0 unspecified atom stereocenters. The summed E-state index contributed by atoms with van der Waals surface area (Å²) >= 11 is 0. The number of aliphatic hydroxyl groups is 1. The van der Waals surface area contributed by atoms with Gasteiger partial charge >= 0.3 is 0 Å². The summed E-state index contributed by atoms with van der Waals surface area (Å²) in [4.78, 5) is 16.4. The average Bonchev–Trinajstić information content (AvgIpc) is 2.97. The Morgan fingerprint density at radius 1 is 1.17 bits per heavy atom. The second kappa shape index (κ2) is 7.41. The fraction of sp³-hybridized carbons (Fsp3) is 0.611. The van der Waals surface area contributed by atoms with Gasteiger partial charge in [-0.05, 0) is 43.6 Å². The van der Waals surface area contributed by atoms with Crippen molar-refractivity contribution in [3.05, 3.63) is 35.4 Å². The molecule has 2 aliphatic rings. The maximum absolute atomic E-state index is 13.5. The lowest BCUT2D eigenvalue weighted by Crippen LogP contribution is -2.37. The van der Waals surface area contributed by atoms with Crippen LogP contribution in [0.5, 0.6) is 0 Å². The van der Waals surface area contributed by atoms with Gasteiger partial charge in [-0.15, -0.1) is 0 Å². The van der Waals surface area contributed by atoms with Crippen LogP contribution < -0.4 is 0 Å². The van der Waals surface area contributed by atoms with Gasteiger partial charge < -0.3 is 10.0 Å². The molecule has 0 spiro atoms. The van der Waals surface area contributed by atoms with Crippen molar-refractivity contribution in [3.8, 4) is 0 Å². The van der Waals surface area contributed by atoms with Crippen molar-refractivity contribution in [2.45, 2.75) is 44.4 Å². The highest BCUT2D eigenvalue weighted by atomic mass is 19.1. The van der Waals surface area contributed by atoms with Crippen molar-refractivity contribution >= 4 is 5.91 Å². The van der Waals surface area contributed by atoms with E-state index >= 15 is 0 Å². The Morgan fingerprint density at radius 2 is 1.87 bits per heavy atom. The van der Waals surface area contributed by atoms with E-state index in [0.717, 1.165) is 19.6 Å². The average molecular weight is 320 g/mol. The number of likely N-dealkylation sites (tertiary alicyclic amines) is 2. The zero-order valence-electron chi connectivity index (χ0n) is 13.5. The lowest BCUT2D eigenvalue weighted by atomic mass is 10.1. The van der Waals surface area contributed by atoms with Crippen LogP contribution in [-0.4, -0.2) is 59.3 Å². The lowest BCUT2D eigenvalue weighted by molar-refractivity contribution is 0.0673. The lowest BCUT2D eigenvalue weighted by Gasteiger charge is -2.26. The van der Waals surface area contributed by atoms with Crippen LogP contribution in [0.2, 0.25) is 0 Å². The minimum atomic E-state index is -1.03. The molecule has 2 fully saturated rings. The van der Waals surface area contributed by atoms with E-state index in [1.807, 2.05) is 24.3 Å². The predicted octanol–water partition coefficient (Wildman–Crippen LogP) is 2.22. The number of carbonyl (C=O) groups excluding carboxylic acids is 1. The zero-order valence-corrected chi connectivity index (χ0v) is 13.5. The van der Waals surface area contributed by atoms with Gasteiger partial charge in [0.1, 0.15) is 6.17 Å². The van der Waals surface area contributed by atoms with Crippen LogP contribution in [0.4, 0.5) is 4.39 Å². The summed E-state index contributed by atoms with van der Waals surface area (Å²) in [5, 5.41) is 9.31. The van der Waals surface area contributed by atoms with Crippen LogP contribution in [-0.2, 0) is 6.54 Å². The van der Waals surface area contributed by atoms with Crippen molar-refractivity contribution in [1.82, 2.24) is 9.80 Å². The molecule has 0 saturated carbocycles. The van der Waals surface area contributed by atoms with Gasteiger partial charge in [0.05, 0.1) is 19.2 Å². The second-order valence-corrected chi connectivity index (χ2v) is 6.66. The Hall–Kier alpha value is -1.46. The largest absolute Gasteiger partial charge is 0.394 e. The highest BCUT2D eigenvalue weighted by Gasteiger charge is 2.35. The van der Waals surface area contributed by atoms with E-state index in [2.05, 4.69) is 4.90 Å². The second-order valence-electron chi connectivity index (χ2n) is 6.66. The Labute approximate surface area is 136 Å². The number of amides is 1. The van der Waals surface area contributed by atoms with Gasteiger partial charge in [0, 0.05) is 18.5 Å². The van der Waals surface area contributed by atoms with E-state index in [-0.39, 0.29) is 25.5 Å². The number of piperidine rings is 1. The van der Waals surface area contributed by atoms with Gasteiger partial charge in [0.25, 0.3) is 5.91 Å². The van der Waals surface area contributed by atoms with Crippen molar-refractivity contribution in [1.29, 1.82) is 0 Å². The third-order valence-electron chi connectivity index (χ3n) is 4.89. The predicted molar refractivity (Wildman–Crippen MR) is 87.0 cm³/mol. The SMILES string of the molecule is O=C(c1ccc(CN2CCCCC2)cc1)N1C[C@@H](F)C[C@H]1CO. The molecule has 1 N–H and O–H groups in total. The Bertz CT molecular complexity index is 528. The van der Waals surface area contributed by atoms with Crippen molar-refractivity contribution in [2.75, 3.05) is 26.2 Å². The van der Waals surface area contributed by atoms with E-state index < -0.39 is 12.2 Å². The summed E-state index contributed by atoms with van der Waals surface area (Å²) in [6.07, 6.45) is 3.04. The molecular weight excluding hydrogens is 295 g/mol. The smallest absolute Gasteiger partial charge is 0.254 e. The molecule has 0 aromatic heterocycles. The molecule has 2 saturated heterocycles. The molecule has 5 heteroatoms. The molecule has 0 radical (unpaired) electrons. The maximum atomic E-state index is 13.5. The molecule has 4 nitrogen and oxygen atoms in total. The summed E-state index contributed by atoms with van der Waals surface area (Å²) in [6.45, 7) is 3.11. The molecule has 2 heterocycles. The highest BCUT2D eigenvalue weighted by Crippen LogP contribution is 2.23. The quantitative estimate of drug-likeness (QED) is 0.925. The molecule has 2 aliphatic heterocycles. The Balaban J connectivity index is 1.63. The van der Waals surface area contributed by atoms with Gasteiger partial charge in [0.2, 0.25) is 0 Å². The van der Waals surface area contributed by atoms with Crippen LogP contribution in [0.15, 0.2) is 24.3 Å². The maximum Gasteiger partial charge on any atom is 0.254 e. The molecule has 1 aromatic carbocycles. The zero-order chi connectivity index (χ0) is 16.2. The van der Waals surface area contributed by atoms with Gasteiger partial charge in [-0.1, -0.05) is 18.6 Å². The number of hydrogen-bond acceptors (Lipinski definition) is 3. The van der Waals surface area contributed by atoms with E-state index in [1.54, 1.807) is 0 Å².